The van der Waals surface area contributed by atoms with E-state index in [-0.39, 0.29) is 24.8 Å². The summed E-state index contributed by atoms with van der Waals surface area (Å²) < 4.78 is 5.29. The minimum absolute atomic E-state index is 0. The average molecular weight is 691 g/mol. The molecule has 4 aromatic carbocycles. The summed E-state index contributed by atoms with van der Waals surface area (Å²) in [5.41, 5.74) is 11.9. The van der Waals surface area contributed by atoms with Gasteiger partial charge in [-0.25, -0.2) is 0 Å². The molecule has 4 aliphatic carbocycles. The third-order valence-electron chi connectivity index (χ3n) is 9.61. The third kappa shape index (κ3) is 4.97. The Kier molecular flexibility index (Phi) is 9.13. The molecule has 0 atom stereocenters. The molecular formula is C41H36Cl2Zr. The van der Waals surface area contributed by atoms with Gasteiger partial charge in [0.2, 0.25) is 0 Å². The summed E-state index contributed by atoms with van der Waals surface area (Å²) in [5, 5.41) is 5.50. The van der Waals surface area contributed by atoms with Crippen LogP contribution in [-0.2, 0) is 34.1 Å². The molecule has 4 aliphatic rings. The van der Waals surface area contributed by atoms with E-state index in [0.29, 0.717) is 0 Å². The normalized spacial score (nSPS) is 15.5. The van der Waals surface area contributed by atoms with Gasteiger partial charge in [-0.3, -0.25) is 0 Å². The van der Waals surface area contributed by atoms with Gasteiger partial charge in [-0.1, -0.05) is 0 Å². The van der Waals surface area contributed by atoms with Gasteiger partial charge in [-0.2, -0.15) is 0 Å². The number of hydrogen-bond donors (Lipinski definition) is 0. The van der Waals surface area contributed by atoms with Crippen LogP contribution in [0.15, 0.2) is 127 Å². The fourth-order valence-electron chi connectivity index (χ4n) is 7.83. The summed E-state index contributed by atoms with van der Waals surface area (Å²) in [4.78, 5) is 0. The molecule has 44 heavy (non-hydrogen) atoms. The van der Waals surface area contributed by atoms with Gasteiger partial charge in [0.25, 0.3) is 0 Å². The van der Waals surface area contributed by atoms with E-state index in [2.05, 4.69) is 123 Å². The maximum atomic E-state index is 2.57. The average Bonchev–Trinajstić information content (AvgIpc) is 3.66. The number of halogens is 2. The van der Waals surface area contributed by atoms with Crippen molar-refractivity contribution in [3.63, 3.8) is 0 Å². The SMILES string of the molecule is CCC[C](CCC)=[Zr+2]([C]1=CC=C2C1=CCc1ccc3ccccc3c12)[C]1=CC=C2C1=CCc1ccc3ccccc3c12.[Cl-].[Cl-]. The Hall–Kier alpha value is -2.83. The molecule has 3 heteroatoms. The molecule has 0 saturated heterocycles. The second-order valence-corrected chi connectivity index (χ2v) is 18.3. The maximum absolute atomic E-state index is 2.57. The van der Waals surface area contributed by atoms with E-state index >= 15 is 0 Å². The quantitative estimate of drug-likeness (QED) is 0.277. The van der Waals surface area contributed by atoms with Crippen LogP contribution >= 0.6 is 0 Å². The number of allylic oxidation sites excluding steroid dienone is 12. The number of benzene rings is 4. The first-order valence-corrected chi connectivity index (χ1v) is 19.5. The van der Waals surface area contributed by atoms with Gasteiger partial charge in [0, 0.05) is 0 Å². The molecule has 0 radical (unpaired) electrons. The minimum atomic E-state index is -2.44. The van der Waals surface area contributed by atoms with E-state index in [1.807, 2.05) is 3.21 Å². The molecule has 0 aliphatic heterocycles. The van der Waals surface area contributed by atoms with Gasteiger partial charge in [0.1, 0.15) is 0 Å². The van der Waals surface area contributed by atoms with Crippen molar-refractivity contribution in [2.24, 2.45) is 0 Å². The summed E-state index contributed by atoms with van der Waals surface area (Å²) in [6.45, 7) is 4.75. The summed E-state index contributed by atoms with van der Waals surface area (Å²) in [6.07, 6.45) is 22.3. The van der Waals surface area contributed by atoms with Crippen LogP contribution in [0.2, 0.25) is 0 Å². The van der Waals surface area contributed by atoms with E-state index in [4.69, 9.17) is 0 Å². The Morgan fingerprint density at radius 2 is 1.00 bits per heavy atom. The topological polar surface area (TPSA) is 0 Å². The van der Waals surface area contributed by atoms with E-state index in [9.17, 15) is 0 Å². The Morgan fingerprint density at radius 1 is 0.545 bits per heavy atom. The van der Waals surface area contributed by atoms with E-state index in [1.165, 1.54) is 80.6 Å². The molecular weight excluding hydrogens is 655 g/mol. The van der Waals surface area contributed by atoms with Crippen molar-refractivity contribution < 1.29 is 46.1 Å². The minimum Gasteiger partial charge on any atom is -1.00 e. The Bertz CT molecular complexity index is 1900. The molecule has 8 rings (SSSR count). The monoisotopic (exact) mass is 688 g/mol. The molecule has 0 N–H and O–H groups in total. The van der Waals surface area contributed by atoms with Gasteiger partial charge >= 0.3 is 259 Å². The molecule has 4 aromatic rings. The first-order valence-electron chi connectivity index (χ1n) is 15.8. The predicted octanol–water partition coefficient (Wildman–Crippen LogP) is 4.62. The molecule has 0 saturated carbocycles. The Labute approximate surface area is 281 Å². The molecule has 0 nitrogen and oxygen atoms in total. The van der Waals surface area contributed by atoms with Crippen molar-refractivity contribution in [1.82, 2.24) is 0 Å². The smallest absolute Gasteiger partial charge is 1.00 e. The van der Waals surface area contributed by atoms with Gasteiger partial charge in [-0.05, 0) is 0 Å². The van der Waals surface area contributed by atoms with Crippen molar-refractivity contribution >= 4 is 35.9 Å². The number of rotatable bonds is 6. The largest absolute Gasteiger partial charge is 1.00 e. The van der Waals surface area contributed by atoms with Crippen LogP contribution in [0, 0.1) is 0 Å². The fraction of sp³-hybridized carbons (Fsp3) is 0.195. The van der Waals surface area contributed by atoms with Gasteiger partial charge in [0.15, 0.2) is 0 Å². The zero-order valence-electron chi connectivity index (χ0n) is 25.4. The maximum Gasteiger partial charge on any atom is -1.00 e. The van der Waals surface area contributed by atoms with Crippen LogP contribution in [0.25, 0.3) is 32.7 Å². The van der Waals surface area contributed by atoms with Crippen molar-refractivity contribution in [2.45, 2.75) is 52.4 Å². The standard InChI is InChI=1S/2C17H11.C7H14.2ClH.Zr/c2*1-2-6-15-12(4-1)8-10-14-11-9-13-5-3-7-16(13)17(14)15;1-3-5-7-6-4-2;;;/h2*1-4,6-10H,11H2;3-6H2,1-2H3;2*1H;/q;;;;;+2/p-2. The number of hydrogen-bond acceptors (Lipinski definition) is 0. The van der Waals surface area contributed by atoms with Crippen LogP contribution in [-0.4, -0.2) is 3.21 Å². The zero-order valence-corrected chi connectivity index (χ0v) is 29.4. The Morgan fingerprint density at radius 3 is 1.45 bits per heavy atom. The molecule has 0 unspecified atom stereocenters. The van der Waals surface area contributed by atoms with Crippen LogP contribution in [0.1, 0.15) is 61.8 Å². The van der Waals surface area contributed by atoms with Crippen molar-refractivity contribution in [3.8, 4) is 0 Å². The van der Waals surface area contributed by atoms with Gasteiger partial charge < -0.3 is 24.8 Å². The van der Waals surface area contributed by atoms with E-state index in [0.717, 1.165) is 12.8 Å². The first kappa shape index (κ1) is 31.2. The van der Waals surface area contributed by atoms with Crippen LogP contribution in [0.4, 0.5) is 0 Å². The summed E-state index contributed by atoms with van der Waals surface area (Å²) in [7, 11) is 0. The van der Waals surface area contributed by atoms with E-state index in [1.54, 1.807) is 17.7 Å². The molecule has 0 spiro atoms. The molecule has 0 heterocycles. The summed E-state index contributed by atoms with van der Waals surface area (Å²) in [6, 6.07) is 27.2. The van der Waals surface area contributed by atoms with Crippen molar-refractivity contribution in [2.75, 3.05) is 0 Å². The Balaban J connectivity index is 0.00000171. The van der Waals surface area contributed by atoms with Gasteiger partial charge in [-0.15, -0.1) is 0 Å². The second-order valence-electron chi connectivity index (χ2n) is 12.1. The first-order chi connectivity index (χ1) is 20.8. The number of fused-ring (bicyclic) bond motifs is 10. The zero-order chi connectivity index (χ0) is 28.2. The van der Waals surface area contributed by atoms with Gasteiger partial charge in [0.05, 0.1) is 0 Å². The molecule has 0 amide bonds. The van der Waals surface area contributed by atoms with Crippen molar-refractivity contribution in [3.05, 3.63) is 149 Å². The summed E-state index contributed by atoms with van der Waals surface area (Å²) >= 11 is -2.44. The molecule has 0 aromatic heterocycles. The molecule has 218 valence electrons. The van der Waals surface area contributed by atoms with Crippen LogP contribution in [0.5, 0.6) is 0 Å². The second kappa shape index (κ2) is 12.9. The fourth-order valence-corrected chi connectivity index (χ4v) is 16.6. The van der Waals surface area contributed by atoms with Crippen molar-refractivity contribution in [1.29, 1.82) is 0 Å². The summed E-state index contributed by atoms with van der Waals surface area (Å²) in [5.74, 6) is 0. The molecule has 0 fully saturated rings. The van der Waals surface area contributed by atoms with E-state index < -0.39 is 21.3 Å². The predicted molar refractivity (Wildman–Crippen MR) is 178 cm³/mol. The molecule has 0 bridgehead atoms. The van der Waals surface area contributed by atoms with Crippen LogP contribution in [0.3, 0.4) is 0 Å². The third-order valence-corrected chi connectivity index (χ3v) is 17.4. The van der Waals surface area contributed by atoms with Crippen LogP contribution < -0.4 is 24.8 Å².